The first-order chi connectivity index (χ1) is 9.56. The topological polar surface area (TPSA) is 24.9 Å². The Hall–Kier alpha value is -0.930. The van der Waals surface area contributed by atoms with Gasteiger partial charge in [0, 0.05) is 6.04 Å². The Morgan fingerprint density at radius 2 is 1.85 bits per heavy atom. The largest absolute Gasteiger partial charge is 0.306 e. The monoisotopic (exact) mass is 290 g/mol. The molecule has 0 amide bonds. The van der Waals surface area contributed by atoms with E-state index in [-0.39, 0.29) is 0 Å². The number of fused-ring (bicyclic) bond motifs is 1. The van der Waals surface area contributed by atoms with Gasteiger partial charge in [0.25, 0.3) is 0 Å². The molecular formula is C17H26N2S. The van der Waals surface area contributed by atoms with Crippen LogP contribution in [0.5, 0.6) is 0 Å². The first kappa shape index (κ1) is 15.5. The lowest BCUT2D eigenvalue weighted by Crippen LogP contribution is -2.28. The van der Waals surface area contributed by atoms with Crippen LogP contribution >= 0.6 is 11.3 Å². The smallest absolute Gasteiger partial charge is 0.111 e. The number of nitrogens with zero attached hydrogens (tertiary/aromatic N) is 1. The number of hydrogen-bond acceptors (Lipinski definition) is 3. The highest BCUT2D eigenvalue weighted by molar-refractivity contribution is 7.18. The molecule has 2 aromatic rings. The van der Waals surface area contributed by atoms with E-state index >= 15 is 0 Å². The summed E-state index contributed by atoms with van der Waals surface area (Å²) in [4.78, 5) is 4.73. The molecule has 1 N–H and O–H groups in total. The lowest BCUT2D eigenvalue weighted by molar-refractivity contribution is 0.423. The van der Waals surface area contributed by atoms with Crippen molar-refractivity contribution < 1.29 is 0 Å². The van der Waals surface area contributed by atoms with Gasteiger partial charge in [0.15, 0.2) is 0 Å². The van der Waals surface area contributed by atoms with E-state index in [1.54, 1.807) is 11.3 Å². The van der Waals surface area contributed by atoms with Gasteiger partial charge in [-0.3, -0.25) is 0 Å². The van der Waals surface area contributed by atoms with Crippen LogP contribution in [-0.2, 0) is 0 Å². The fourth-order valence-electron chi connectivity index (χ4n) is 2.49. The Morgan fingerprint density at radius 1 is 1.10 bits per heavy atom. The van der Waals surface area contributed by atoms with Gasteiger partial charge in [0.05, 0.1) is 16.3 Å². The molecule has 2 atom stereocenters. The van der Waals surface area contributed by atoms with E-state index in [0.29, 0.717) is 12.1 Å². The van der Waals surface area contributed by atoms with Gasteiger partial charge in [-0.25, -0.2) is 4.98 Å². The van der Waals surface area contributed by atoms with Crippen LogP contribution in [0.1, 0.15) is 58.0 Å². The zero-order chi connectivity index (χ0) is 14.5. The SMILES string of the molecule is CC(C)CCCC(C)NC(C)c1nc2ccccc2s1. The number of nitrogens with one attached hydrogen (secondary N) is 1. The number of rotatable bonds is 7. The molecule has 1 heterocycles. The van der Waals surface area contributed by atoms with Crippen molar-refractivity contribution in [3.05, 3.63) is 29.3 Å². The van der Waals surface area contributed by atoms with Crippen LogP contribution in [0, 0.1) is 5.92 Å². The molecule has 0 aliphatic heterocycles. The number of hydrogen-bond donors (Lipinski definition) is 1. The average Bonchev–Trinajstić information content (AvgIpc) is 2.82. The summed E-state index contributed by atoms with van der Waals surface area (Å²) >= 11 is 1.80. The van der Waals surface area contributed by atoms with Crippen LogP contribution in [0.25, 0.3) is 10.2 Å². The molecular weight excluding hydrogens is 264 g/mol. The highest BCUT2D eigenvalue weighted by atomic mass is 32.1. The summed E-state index contributed by atoms with van der Waals surface area (Å²) in [6.45, 7) is 9.09. The van der Waals surface area contributed by atoms with Gasteiger partial charge < -0.3 is 5.32 Å². The number of para-hydroxylation sites is 1. The van der Waals surface area contributed by atoms with Crippen molar-refractivity contribution in [1.82, 2.24) is 10.3 Å². The normalized spacial score (nSPS) is 14.8. The first-order valence-electron chi connectivity index (χ1n) is 7.67. The summed E-state index contributed by atoms with van der Waals surface area (Å²) < 4.78 is 1.28. The van der Waals surface area contributed by atoms with E-state index in [0.717, 1.165) is 11.4 Å². The van der Waals surface area contributed by atoms with E-state index in [1.165, 1.54) is 29.0 Å². The molecule has 0 aliphatic carbocycles. The van der Waals surface area contributed by atoms with E-state index in [9.17, 15) is 0 Å². The molecule has 20 heavy (non-hydrogen) atoms. The molecule has 2 nitrogen and oxygen atoms in total. The summed E-state index contributed by atoms with van der Waals surface area (Å²) in [7, 11) is 0. The molecule has 110 valence electrons. The molecule has 1 aromatic carbocycles. The second-order valence-electron chi connectivity index (χ2n) is 6.13. The molecule has 1 aromatic heterocycles. The molecule has 0 radical (unpaired) electrons. The van der Waals surface area contributed by atoms with E-state index in [2.05, 4.69) is 57.3 Å². The second-order valence-corrected chi connectivity index (χ2v) is 7.20. The number of aromatic nitrogens is 1. The van der Waals surface area contributed by atoms with E-state index in [4.69, 9.17) is 4.98 Å². The maximum absolute atomic E-state index is 4.73. The van der Waals surface area contributed by atoms with Crippen molar-refractivity contribution in [2.75, 3.05) is 0 Å². The van der Waals surface area contributed by atoms with Crippen molar-refractivity contribution in [2.45, 2.75) is 59.0 Å². The summed E-state index contributed by atoms with van der Waals surface area (Å²) in [5.74, 6) is 0.809. The molecule has 0 aliphatic rings. The molecule has 0 saturated carbocycles. The van der Waals surface area contributed by atoms with Gasteiger partial charge in [-0.2, -0.15) is 0 Å². The van der Waals surface area contributed by atoms with Gasteiger partial charge in [-0.1, -0.05) is 38.8 Å². The third-order valence-corrected chi connectivity index (χ3v) is 4.85. The predicted octanol–water partition coefficient (Wildman–Crippen LogP) is 5.16. The number of thiazole rings is 1. The third-order valence-electron chi connectivity index (χ3n) is 3.63. The standard InChI is InChI=1S/C17H26N2S/c1-12(2)8-7-9-13(3)18-14(4)17-19-15-10-5-6-11-16(15)20-17/h5-6,10-14,18H,7-9H2,1-4H3. The van der Waals surface area contributed by atoms with Crippen LogP contribution in [0.3, 0.4) is 0 Å². The molecule has 2 rings (SSSR count). The summed E-state index contributed by atoms with van der Waals surface area (Å²) in [5.41, 5.74) is 1.12. The summed E-state index contributed by atoms with van der Waals surface area (Å²) in [6, 6.07) is 9.26. The Bertz CT molecular complexity index is 500. The minimum Gasteiger partial charge on any atom is -0.306 e. The van der Waals surface area contributed by atoms with Crippen molar-refractivity contribution in [3.63, 3.8) is 0 Å². The van der Waals surface area contributed by atoms with Gasteiger partial charge >= 0.3 is 0 Å². The van der Waals surface area contributed by atoms with Gasteiger partial charge in [-0.05, 0) is 38.3 Å². The number of benzene rings is 1. The Morgan fingerprint density at radius 3 is 2.55 bits per heavy atom. The van der Waals surface area contributed by atoms with Gasteiger partial charge in [-0.15, -0.1) is 11.3 Å². The first-order valence-corrected chi connectivity index (χ1v) is 8.49. The molecule has 0 bridgehead atoms. The molecule has 0 saturated heterocycles. The molecule has 2 unspecified atom stereocenters. The summed E-state index contributed by atoms with van der Waals surface area (Å²) in [5, 5.41) is 4.87. The van der Waals surface area contributed by atoms with E-state index < -0.39 is 0 Å². The molecule has 0 spiro atoms. The molecule has 3 heteroatoms. The van der Waals surface area contributed by atoms with Gasteiger partial charge in [0.1, 0.15) is 5.01 Å². The zero-order valence-electron chi connectivity index (χ0n) is 13.0. The highest BCUT2D eigenvalue weighted by Gasteiger charge is 2.13. The summed E-state index contributed by atoms with van der Waals surface area (Å²) in [6.07, 6.45) is 3.87. The third kappa shape index (κ3) is 4.29. The van der Waals surface area contributed by atoms with Crippen LogP contribution in [0.15, 0.2) is 24.3 Å². The van der Waals surface area contributed by atoms with E-state index in [1.807, 2.05) is 0 Å². The van der Waals surface area contributed by atoms with Crippen molar-refractivity contribution in [3.8, 4) is 0 Å². The van der Waals surface area contributed by atoms with Crippen LogP contribution < -0.4 is 5.32 Å². The van der Waals surface area contributed by atoms with Gasteiger partial charge in [0.2, 0.25) is 0 Å². The van der Waals surface area contributed by atoms with Crippen LogP contribution in [-0.4, -0.2) is 11.0 Å². The fraction of sp³-hybridized carbons (Fsp3) is 0.588. The minimum absolute atomic E-state index is 0.335. The van der Waals surface area contributed by atoms with Crippen LogP contribution in [0.2, 0.25) is 0 Å². The van der Waals surface area contributed by atoms with Crippen molar-refractivity contribution in [1.29, 1.82) is 0 Å². The van der Waals surface area contributed by atoms with Crippen molar-refractivity contribution >= 4 is 21.6 Å². The van der Waals surface area contributed by atoms with Crippen molar-refractivity contribution in [2.24, 2.45) is 5.92 Å². The Labute approximate surface area is 126 Å². The lowest BCUT2D eigenvalue weighted by Gasteiger charge is -2.18. The highest BCUT2D eigenvalue weighted by Crippen LogP contribution is 2.26. The lowest BCUT2D eigenvalue weighted by atomic mass is 10.0. The Balaban J connectivity index is 1.89. The average molecular weight is 290 g/mol. The quantitative estimate of drug-likeness (QED) is 0.761. The zero-order valence-corrected chi connectivity index (χ0v) is 13.8. The fourth-order valence-corrected chi connectivity index (χ4v) is 3.47. The second kappa shape index (κ2) is 7.19. The van der Waals surface area contributed by atoms with Crippen LogP contribution in [0.4, 0.5) is 0 Å². The predicted molar refractivity (Wildman–Crippen MR) is 89.3 cm³/mol. The Kier molecular flexibility index (Phi) is 5.55. The maximum atomic E-state index is 4.73. The maximum Gasteiger partial charge on any atom is 0.111 e. The molecule has 0 fully saturated rings. The minimum atomic E-state index is 0.335.